The van der Waals surface area contributed by atoms with E-state index < -0.39 is 12.5 Å². The van der Waals surface area contributed by atoms with Gasteiger partial charge in [-0.3, -0.25) is 14.5 Å². The third kappa shape index (κ3) is 5.46. The maximum absolute atomic E-state index is 13.0. The molecule has 29 heavy (non-hydrogen) atoms. The number of pyridine rings is 2. The van der Waals surface area contributed by atoms with Crippen molar-refractivity contribution in [2.24, 2.45) is 0 Å². The summed E-state index contributed by atoms with van der Waals surface area (Å²) in [5, 5.41) is 8.11. The summed E-state index contributed by atoms with van der Waals surface area (Å²) in [5.41, 5.74) is 2.93. The Balaban J connectivity index is 1.76. The molecule has 0 atom stereocenters. The van der Waals surface area contributed by atoms with Gasteiger partial charge in [-0.05, 0) is 31.5 Å². The van der Waals surface area contributed by atoms with Gasteiger partial charge in [-0.25, -0.2) is 13.8 Å². The second-order valence-corrected chi connectivity index (χ2v) is 6.97. The molecule has 3 heterocycles. The molecule has 0 saturated heterocycles. The summed E-state index contributed by atoms with van der Waals surface area (Å²) in [7, 11) is 0. The lowest BCUT2D eigenvalue weighted by Gasteiger charge is -2.13. The molecule has 0 aliphatic heterocycles. The molecule has 0 aliphatic rings. The number of alkyl halides is 2. The Kier molecular flexibility index (Phi) is 6.05. The first-order valence-corrected chi connectivity index (χ1v) is 9.29. The second kappa shape index (κ2) is 8.50. The lowest BCUT2D eigenvalue weighted by atomic mass is 10.2. The number of fused-ring (bicyclic) bond motifs is 1. The molecule has 3 rings (SSSR count). The van der Waals surface area contributed by atoms with Gasteiger partial charge >= 0.3 is 0 Å². The van der Waals surface area contributed by atoms with E-state index in [1.807, 2.05) is 19.2 Å². The quantitative estimate of drug-likeness (QED) is 0.625. The van der Waals surface area contributed by atoms with Crippen LogP contribution in [-0.2, 0) is 17.8 Å². The van der Waals surface area contributed by atoms with E-state index in [1.165, 1.54) is 0 Å². The van der Waals surface area contributed by atoms with Crippen molar-refractivity contribution in [3.05, 3.63) is 47.5 Å². The van der Waals surface area contributed by atoms with E-state index in [2.05, 4.69) is 20.4 Å². The van der Waals surface area contributed by atoms with Gasteiger partial charge in [0.05, 0.1) is 24.2 Å². The van der Waals surface area contributed by atoms with Crippen LogP contribution in [0, 0.1) is 6.92 Å². The summed E-state index contributed by atoms with van der Waals surface area (Å²) >= 11 is 0. The standard InChI is InChI=1S/C20H23F2N5O2/c1-4-23-18(28)8-17-15-11-27(26-16(15)5-6-24-17)10-14-7-13(2)19(25-9-14)29-12-20(3,21)22/h5-7,9,11H,4,8,10,12H2,1-3H3,(H,23,28). The van der Waals surface area contributed by atoms with Gasteiger partial charge in [0.15, 0.2) is 6.61 Å². The molecule has 0 aliphatic carbocycles. The number of amides is 1. The number of likely N-dealkylation sites (N-methyl/N-ethyl adjacent to an activating group) is 1. The van der Waals surface area contributed by atoms with Crippen LogP contribution >= 0.6 is 0 Å². The van der Waals surface area contributed by atoms with Crippen LogP contribution in [0.25, 0.3) is 10.9 Å². The van der Waals surface area contributed by atoms with E-state index in [4.69, 9.17) is 4.74 Å². The summed E-state index contributed by atoms with van der Waals surface area (Å²) < 4.78 is 32.8. The third-order valence-electron chi connectivity index (χ3n) is 4.16. The predicted molar refractivity (Wildman–Crippen MR) is 104 cm³/mol. The lowest BCUT2D eigenvalue weighted by Crippen LogP contribution is -2.24. The van der Waals surface area contributed by atoms with Gasteiger partial charge in [0, 0.05) is 43.0 Å². The first-order chi connectivity index (χ1) is 13.7. The first kappa shape index (κ1) is 20.6. The second-order valence-electron chi connectivity index (χ2n) is 6.97. The highest BCUT2D eigenvalue weighted by Gasteiger charge is 2.22. The molecule has 0 saturated carbocycles. The summed E-state index contributed by atoms with van der Waals surface area (Å²) in [5.74, 6) is -2.82. The molecule has 0 fully saturated rings. The van der Waals surface area contributed by atoms with Crippen molar-refractivity contribution in [1.29, 1.82) is 0 Å². The van der Waals surface area contributed by atoms with Crippen molar-refractivity contribution in [2.75, 3.05) is 13.2 Å². The lowest BCUT2D eigenvalue weighted by molar-refractivity contribution is -0.120. The van der Waals surface area contributed by atoms with Gasteiger partial charge in [-0.15, -0.1) is 0 Å². The molecule has 0 radical (unpaired) electrons. The molecule has 3 aromatic rings. The van der Waals surface area contributed by atoms with Crippen molar-refractivity contribution in [1.82, 2.24) is 25.1 Å². The smallest absolute Gasteiger partial charge is 0.278 e. The molecule has 0 unspecified atom stereocenters. The van der Waals surface area contributed by atoms with Gasteiger partial charge < -0.3 is 10.1 Å². The third-order valence-corrected chi connectivity index (χ3v) is 4.16. The fraction of sp³-hybridized carbons (Fsp3) is 0.400. The minimum absolute atomic E-state index is 0.0895. The van der Waals surface area contributed by atoms with Crippen molar-refractivity contribution >= 4 is 16.8 Å². The van der Waals surface area contributed by atoms with Crippen LogP contribution in [-0.4, -0.2) is 44.7 Å². The van der Waals surface area contributed by atoms with E-state index in [0.717, 1.165) is 23.4 Å². The normalized spacial score (nSPS) is 11.6. The monoisotopic (exact) mass is 403 g/mol. The Hall–Kier alpha value is -3.10. The largest absolute Gasteiger partial charge is 0.471 e. The van der Waals surface area contributed by atoms with E-state index in [1.54, 1.807) is 30.1 Å². The summed E-state index contributed by atoms with van der Waals surface area (Å²) in [6, 6.07) is 3.62. The predicted octanol–water partition coefficient (Wildman–Crippen LogP) is 2.90. The number of hydrogen-bond acceptors (Lipinski definition) is 5. The summed E-state index contributed by atoms with van der Waals surface area (Å²) in [6.45, 7) is 4.71. The van der Waals surface area contributed by atoms with Gasteiger partial charge in [0.1, 0.15) is 0 Å². The summed E-state index contributed by atoms with van der Waals surface area (Å²) in [4.78, 5) is 20.4. The Morgan fingerprint density at radius 3 is 2.83 bits per heavy atom. The number of hydrogen-bond donors (Lipinski definition) is 1. The maximum atomic E-state index is 13.0. The van der Waals surface area contributed by atoms with E-state index in [-0.39, 0.29) is 18.2 Å². The SMILES string of the molecule is CCNC(=O)Cc1nccc2nn(Cc3cnc(OCC(C)(F)F)c(C)c3)cc12. The van der Waals surface area contributed by atoms with Crippen LogP contribution in [0.1, 0.15) is 30.7 Å². The van der Waals surface area contributed by atoms with Crippen LogP contribution in [0.4, 0.5) is 8.78 Å². The minimum Gasteiger partial charge on any atom is -0.471 e. The van der Waals surface area contributed by atoms with Crippen molar-refractivity contribution in [3.63, 3.8) is 0 Å². The zero-order valence-corrected chi connectivity index (χ0v) is 16.6. The maximum Gasteiger partial charge on any atom is 0.278 e. The van der Waals surface area contributed by atoms with E-state index >= 15 is 0 Å². The van der Waals surface area contributed by atoms with Crippen molar-refractivity contribution < 1.29 is 18.3 Å². The van der Waals surface area contributed by atoms with Crippen LogP contribution in [0.2, 0.25) is 0 Å². The van der Waals surface area contributed by atoms with Crippen molar-refractivity contribution in [2.45, 2.75) is 39.7 Å². The van der Waals surface area contributed by atoms with Crippen molar-refractivity contribution in [3.8, 4) is 5.88 Å². The number of ether oxygens (including phenoxy) is 1. The highest BCUT2D eigenvalue weighted by molar-refractivity contribution is 5.86. The Morgan fingerprint density at radius 2 is 2.14 bits per heavy atom. The van der Waals surface area contributed by atoms with E-state index in [9.17, 15) is 13.6 Å². The molecular formula is C20H23F2N5O2. The number of carbonyl (C=O) groups is 1. The number of aromatic nitrogens is 4. The van der Waals surface area contributed by atoms with Gasteiger partial charge in [-0.1, -0.05) is 0 Å². The average molecular weight is 403 g/mol. The number of rotatable bonds is 8. The van der Waals surface area contributed by atoms with E-state index in [0.29, 0.717) is 24.3 Å². The van der Waals surface area contributed by atoms with Crippen LogP contribution in [0.5, 0.6) is 5.88 Å². The zero-order valence-electron chi connectivity index (χ0n) is 16.6. The number of nitrogens with one attached hydrogen (secondary N) is 1. The Labute approximate surface area is 167 Å². The van der Waals surface area contributed by atoms with Gasteiger partial charge in [0.2, 0.25) is 11.8 Å². The molecule has 0 bridgehead atoms. The average Bonchev–Trinajstić information content (AvgIpc) is 3.04. The molecule has 0 aromatic carbocycles. The zero-order chi connectivity index (χ0) is 21.0. The molecular weight excluding hydrogens is 380 g/mol. The van der Waals surface area contributed by atoms with Crippen LogP contribution < -0.4 is 10.1 Å². The number of nitrogens with zero attached hydrogens (tertiary/aromatic N) is 4. The molecule has 0 spiro atoms. The molecule has 154 valence electrons. The van der Waals surface area contributed by atoms with Crippen LogP contribution in [0.3, 0.4) is 0 Å². The highest BCUT2D eigenvalue weighted by atomic mass is 19.3. The highest BCUT2D eigenvalue weighted by Crippen LogP contribution is 2.21. The van der Waals surface area contributed by atoms with Gasteiger partial charge in [-0.2, -0.15) is 5.10 Å². The minimum atomic E-state index is -2.91. The summed E-state index contributed by atoms with van der Waals surface area (Å²) in [6.07, 6.45) is 5.24. The Morgan fingerprint density at radius 1 is 1.34 bits per heavy atom. The topological polar surface area (TPSA) is 81.9 Å². The molecule has 9 heteroatoms. The first-order valence-electron chi connectivity index (χ1n) is 9.29. The Bertz CT molecular complexity index is 1010. The number of carbonyl (C=O) groups excluding carboxylic acids is 1. The number of aryl methyl sites for hydroxylation is 1. The fourth-order valence-electron chi connectivity index (χ4n) is 2.92. The molecule has 1 N–H and O–H groups in total. The molecule has 7 nitrogen and oxygen atoms in total. The number of halogens is 2. The van der Waals surface area contributed by atoms with Gasteiger partial charge in [0.25, 0.3) is 5.92 Å². The molecule has 3 aromatic heterocycles. The molecule has 1 amide bonds. The fourth-order valence-corrected chi connectivity index (χ4v) is 2.92. The van der Waals surface area contributed by atoms with Crippen LogP contribution in [0.15, 0.2) is 30.7 Å².